The zero-order valence-electron chi connectivity index (χ0n) is 8.36. The topological polar surface area (TPSA) is 70.0 Å². The summed E-state index contributed by atoms with van der Waals surface area (Å²) in [6.07, 6.45) is 4.57. The molecule has 1 unspecified atom stereocenters. The predicted molar refractivity (Wildman–Crippen MR) is 54.0 cm³/mol. The fourth-order valence-corrected chi connectivity index (χ4v) is 2.98. The van der Waals surface area contributed by atoms with Crippen molar-refractivity contribution in [3.05, 3.63) is 0 Å². The van der Waals surface area contributed by atoms with Crippen LogP contribution in [0.3, 0.4) is 0 Å². The Morgan fingerprint density at radius 2 is 2.07 bits per heavy atom. The molecule has 0 radical (unpaired) electrons. The Labute approximate surface area is 85.4 Å². The second-order valence-corrected chi connectivity index (χ2v) is 5.62. The Morgan fingerprint density at radius 3 is 2.57 bits per heavy atom. The third-order valence-corrected chi connectivity index (χ3v) is 3.97. The number of rotatable bonds is 4. The minimum atomic E-state index is -3.38. The second-order valence-electron chi connectivity index (χ2n) is 3.87. The summed E-state index contributed by atoms with van der Waals surface area (Å²) in [5.74, 6) is 0.00724. The van der Waals surface area contributed by atoms with Crippen molar-refractivity contribution in [3.8, 4) is 6.07 Å². The van der Waals surface area contributed by atoms with E-state index in [1.165, 1.54) is 12.8 Å². The lowest BCUT2D eigenvalue weighted by Gasteiger charge is -2.19. The normalized spacial score (nSPS) is 20.6. The molecule has 1 fully saturated rings. The van der Waals surface area contributed by atoms with Crippen LogP contribution in [0.1, 0.15) is 32.6 Å². The van der Waals surface area contributed by atoms with Crippen LogP contribution in [0.4, 0.5) is 0 Å². The molecule has 1 aliphatic rings. The molecule has 0 aromatic heterocycles. The van der Waals surface area contributed by atoms with Crippen LogP contribution in [0.25, 0.3) is 0 Å². The summed E-state index contributed by atoms with van der Waals surface area (Å²) < 4.78 is 25.1. The Kier molecular flexibility index (Phi) is 3.90. The van der Waals surface area contributed by atoms with Crippen molar-refractivity contribution in [1.82, 2.24) is 4.72 Å². The van der Waals surface area contributed by atoms with Crippen LogP contribution in [-0.4, -0.2) is 20.2 Å². The number of nitriles is 1. The number of sulfonamides is 1. The van der Waals surface area contributed by atoms with Crippen LogP contribution < -0.4 is 4.72 Å². The quantitative estimate of drug-likeness (QED) is 0.762. The maximum absolute atomic E-state index is 11.3. The molecule has 14 heavy (non-hydrogen) atoms. The smallest absolute Gasteiger partial charge is 0.211 e. The average Bonchev–Trinajstić information content (AvgIpc) is 2.53. The van der Waals surface area contributed by atoms with Gasteiger partial charge in [0.05, 0.1) is 6.07 Å². The molecule has 0 aliphatic heterocycles. The molecular weight excluding hydrogens is 200 g/mol. The highest BCUT2D eigenvalue weighted by Gasteiger charge is 2.24. The van der Waals surface area contributed by atoms with E-state index in [1.807, 2.05) is 6.92 Å². The minimum absolute atomic E-state index is 0.0316. The van der Waals surface area contributed by atoms with Gasteiger partial charge in [-0.15, -0.1) is 0 Å². The van der Waals surface area contributed by atoms with Gasteiger partial charge in [-0.3, -0.25) is 0 Å². The molecule has 1 saturated carbocycles. The van der Waals surface area contributed by atoms with Gasteiger partial charge in [0.1, 0.15) is 0 Å². The van der Waals surface area contributed by atoms with Crippen molar-refractivity contribution in [3.63, 3.8) is 0 Å². The fraction of sp³-hybridized carbons (Fsp3) is 0.889. The maximum atomic E-state index is 11.3. The lowest BCUT2D eigenvalue weighted by atomic mass is 10.0. The molecule has 80 valence electrons. The lowest BCUT2D eigenvalue weighted by molar-refractivity contribution is 0.424. The van der Waals surface area contributed by atoms with E-state index < -0.39 is 15.8 Å². The van der Waals surface area contributed by atoms with Crippen LogP contribution in [0.5, 0.6) is 0 Å². The van der Waals surface area contributed by atoms with Crippen molar-refractivity contribution in [2.45, 2.75) is 38.6 Å². The largest absolute Gasteiger partial charge is 0.225 e. The maximum Gasteiger partial charge on any atom is 0.225 e. The van der Waals surface area contributed by atoms with E-state index in [0.29, 0.717) is 5.92 Å². The van der Waals surface area contributed by atoms with Gasteiger partial charge in [-0.05, 0) is 25.7 Å². The molecule has 0 heterocycles. The summed E-state index contributed by atoms with van der Waals surface area (Å²) in [7, 11) is -3.38. The summed E-state index contributed by atoms with van der Waals surface area (Å²) in [6.45, 7) is 1.88. The monoisotopic (exact) mass is 216 g/mol. The van der Waals surface area contributed by atoms with Gasteiger partial charge < -0.3 is 0 Å². The lowest BCUT2D eigenvalue weighted by Crippen LogP contribution is -2.38. The molecule has 1 atom stereocenters. The van der Waals surface area contributed by atoms with Crippen LogP contribution >= 0.6 is 0 Å². The Morgan fingerprint density at radius 1 is 1.50 bits per heavy atom. The molecular formula is C9H16N2O2S. The van der Waals surface area contributed by atoms with E-state index >= 15 is 0 Å². The van der Waals surface area contributed by atoms with Crippen molar-refractivity contribution < 1.29 is 8.42 Å². The first kappa shape index (κ1) is 11.5. The summed E-state index contributed by atoms with van der Waals surface area (Å²) in [4.78, 5) is 0. The molecule has 0 aromatic carbocycles. The van der Waals surface area contributed by atoms with Crippen LogP contribution in [0.15, 0.2) is 0 Å². The van der Waals surface area contributed by atoms with E-state index in [2.05, 4.69) is 4.72 Å². The van der Waals surface area contributed by atoms with Crippen LogP contribution in [-0.2, 0) is 10.0 Å². The van der Waals surface area contributed by atoms with Gasteiger partial charge >= 0.3 is 0 Å². The fourth-order valence-electron chi connectivity index (χ4n) is 1.96. The van der Waals surface area contributed by atoms with E-state index in [4.69, 9.17) is 5.26 Å². The van der Waals surface area contributed by atoms with Crippen LogP contribution in [0.2, 0.25) is 0 Å². The summed E-state index contributed by atoms with van der Waals surface area (Å²) >= 11 is 0. The highest BCUT2D eigenvalue weighted by molar-refractivity contribution is 7.89. The Balaban J connectivity index is 2.47. The van der Waals surface area contributed by atoms with Crippen molar-refractivity contribution >= 4 is 10.0 Å². The van der Waals surface area contributed by atoms with Gasteiger partial charge in [0.2, 0.25) is 10.0 Å². The number of nitrogens with one attached hydrogen (secondary N) is 1. The van der Waals surface area contributed by atoms with Gasteiger partial charge in [-0.1, -0.05) is 12.8 Å². The molecule has 0 bridgehead atoms. The Bertz CT molecular complexity index is 312. The number of hydrogen-bond donors (Lipinski definition) is 1. The molecule has 0 saturated heterocycles. The zero-order chi connectivity index (χ0) is 10.6. The van der Waals surface area contributed by atoms with Gasteiger partial charge in [0, 0.05) is 6.04 Å². The van der Waals surface area contributed by atoms with Gasteiger partial charge in [0.15, 0.2) is 5.75 Å². The van der Waals surface area contributed by atoms with Gasteiger partial charge in [-0.2, -0.15) is 5.26 Å². The van der Waals surface area contributed by atoms with E-state index in [1.54, 1.807) is 6.07 Å². The highest BCUT2D eigenvalue weighted by Crippen LogP contribution is 2.27. The number of nitrogens with zero attached hydrogens (tertiary/aromatic N) is 1. The summed E-state index contributed by atoms with van der Waals surface area (Å²) in [6, 6.07) is 1.62. The average molecular weight is 216 g/mol. The molecule has 1 rings (SSSR count). The van der Waals surface area contributed by atoms with Crippen molar-refractivity contribution in [2.75, 3.05) is 5.75 Å². The van der Waals surface area contributed by atoms with Crippen molar-refractivity contribution in [2.24, 2.45) is 5.92 Å². The van der Waals surface area contributed by atoms with E-state index in [-0.39, 0.29) is 6.04 Å². The molecule has 0 amide bonds. The first-order valence-corrected chi connectivity index (χ1v) is 6.57. The van der Waals surface area contributed by atoms with E-state index in [0.717, 1.165) is 12.8 Å². The second kappa shape index (κ2) is 4.76. The Hall–Kier alpha value is -0.600. The standard InChI is InChI=1S/C9H16N2O2S/c1-8(9-4-2-3-5-9)11-14(12,13)7-6-10/h8-9,11H,2-5,7H2,1H3. The number of hydrogen-bond acceptors (Lipinski definition) is 3. The minimum Gasteiger partial charge on any atom is -0.211 e. The zero-order valence-corrected chi connectivity index (χ0v) is 9.18. The molecule has 4 nitrogen and oxygen atoms in total. The molecule has 0 aromatic rings. The molecule has 0 spiro atoms. The van der Waals surface area contributed by atoms with Gasteiger partial charge in [-0.25, -0.2) is 13.1 Å². The first-order valence-electron chi connectivity index (χ1n) is 4.92. The third kappa shape index (κ3) is 3.28. The van der Waals surface area contributed by atoms with Crippen molar-refractivity contribution in [1.29, 1.82) is 5.26 Å². The van der Waals surface area contributed by atoms with Gasteiger partial charge in [0.25, 0.3) is 0 Å². The highest BCUT2D eigenvalue weighted by atomic mass is 32.2. The molecule has 1 N–H and O–H groups in total. The summed E-state index contributed by atoms with van der Waals surface area (Å²) in [5.41, 5.74) is 0. The SMILES string of the molecule is CC(NS(=O)(=O)CC#N)C1CCCC1. The molecule has 5 heteroatoms. The predicted octanol–water partition coefficient (Wildman–Crippen LogP) is 1.01. The van der Waals surface area contributed by atoms with E-state index in [9.17, 15) is 8.42 Å². The molecule has 1 aliphatic carbocycles. The van der Waals surface area contributed by atoms with Crippen LogP contribution in [0, 0.1) is 17.2 Å². The third-order valence-electron chi connectivity index (χ3n) is 2.73. The summed E-state index contributed by atoms with van der Waals surface area (Å²) in [5, 5.41) is 8.31. The first-order chi connectivity index (χ1) is 6.55.